The Morgan fingerprint density at radius 3 is 2.46 bits per heavy atom. The van der Waals surface area contributed by atoms with Crippen molar-refractivity contribution < 1.29 is 19.1 Å². The van der Waals surface area contributed by atoms with Crippen molar-refractivity contribution in [2.24, 2.45) is 0 Å². The maximum absolute atomic E-state index is 12.7. The van der Waals surface area contributed by atoms with Crippen molar-refractivity contribution in [3.8, 4) is 6.07 Å². The third-order valence-electron chi connectivity index (χ3n) is 3.87. The number of imide groups is 1. The summed E-state index contributed by atoms with van der Waals surface area (Å²) >= 11 is 5.84. The van der Waals surface area contributed by atoms with E-state index in [9.17, 15) is 14.4 Å². The Labute approximate surface area is 154 Å². The fraction of sp³-hybridized carbons (Fsp3) is 0.158. The van der Waals surface area contributed by atoms with Crippen LogP contribution in [-0.2, 0) is 4.74 Å². The summed E-state index contributed by atoms with van der Waals surface area (Å²) in [6.07, 6.45) is 0.732. The minimum Gasteiger partial charge on any atom is -0.462 e. The summed E-state index contributed by atoms with van der Waals surface area (Å²) in [6, 6.07) is 12.5. The summed E-state index contributed by atoms with van der Waals surface area (Å²) in [5, 5.41) is 8.96. The van der Waals surface area contributed by atoms with E-state index in [1.807, 2.05) is 6.07 Å². The number of nitrogens with zero attached hydrogens (tertiary/aromatic N) is 2. The lowest BCUT2D eigenvalue weighted by Gasteiger charge is -2.13. The van der Waals surface area contributed by atoms with E-state index in [0.29, 0.717) is 23.6 Å². The number of amides is 2. The minimum atomic E-state index is -0.601. The van der Waals surface area contributed by atoms with Crippen LogP contribution in [0.3, 0.4) is 0 Å². The van der Waals surface area contributed by atoms with Crippen LogP contribution >= 0.6 is 11.6 Å². The molecule has 2 aromatic carbocycles. The third-order valence-corrected chi connectivity index (χ3v) is 4.13. The summed E-state index contributed by atoms with van der Waals surface area (Å²) < 4.78 is 5.06. The van der Waals surface area contributed by atoms with Gasteiger partial charge >= 0.3 is 5.97 Å². The maximum Gasteiger partial charge on any atom is 0.338 e. The first-order chi connectivity index (χ1) is 12.5. The van der Waals surface area contributed by atoms with Gasteiger partial charge in [-0.05, 0) is 48.9 Å². The molecular weight excluding hydrogens is 356 g/mol. The number of unbranched alkanes of at least 4 members (excludes halogenated alkanes) is 1. The Balaban J connectivity index is 1.83. The van der Waals surface area contributed by atoms with Crippen LogP contribution in [0.2, 0.25) is 5.02 Å². The molecule has 0 unspecified atom stereocenters. The zero-order valence-electron chi connectivity index (χ0n) is 13.6. The Morgan fingerprint density at radius 2 is 1.77 bits per heavy atom. The Bertz CT molecular complexity index is 932. The minimum absolute atomic E-state index is 0.118. The second kappa shape index (κ2) is 7.38. The van der Waals surface area contributed by atoms with Crippen molar-refractivity contribution >= 4 is 35.1 Å². The molecule has 2 amide bonds. The number of nitriles is 1. The van der Waals surface area contributed by atoms with Crippen LogP contribution in [0, 0.1) is 11.3 Å². The molecule has 0 saturated carbocycles. The van der Waals surface area contributed by atoms with Crippen molar-refractivity contribution in [1.82, 2.24) is 0 Å². The molecular formula is C19H13ClN2O4. The standard InChI is InChI=1S/C19H13ClN2O4/c20-13-4-6-14(7-5-13)22-17(23)15-8-3-12(11-16(15)18(22)24)19(25)26-10-2-1-9-21/h3-8,11H,1-2,10H2. The Morgan fingerprint density at radius 1 is 1.08 bits per heavy atom. The van der Waals surface area contributed by atoms with Gasteiger partial charge in [0.25, 0.3) is 11.8 Å². The number of hydrogen-bond donors (Lipinski definition) is 0. The first-order valence-electron chi connectivity index (χ1n) is 7.85. The molecule has 6 nitrogen and oxygen atoms in total. The lowest BCUT2D eigenvalue weighted by atomic mass is 10.1. The Hall–Kier alpha value is -3.17. The van der Waals surface area contributed by atoms with Gasteiger partial charge in [-0.3, -0.25) is 9.59 Å². The highest BCUT2D eigenvalue weighted by Gasteiger charge is 2.37. The molecule has 3 rings (SSSR count). The normalized spacial score (nSPS) is 12.7. The van der Waals surface area contributed by atoms with Gasteiger partial charge in [0.05, 0.1) is 35.1 Å². The lowest BCUT2D eigenvalue weighted by Crippen LogP contribution is -2.29. The molecule has 0 aliphatic carbocycles. The van der Waals surface area contributed by atoms with E-state index in [-0.39, 0.29) is 23.3 Å². The zero-order chi connectivity index (χ0) is 18.7. The predicted molar refractivity (Wildman–Crippen MR) is 94.2 cm³/mol. The predicted octanol–water partition coefficient (Wildman–Crippen LogP) is 3.60. The molecule has 130 valence electrons. The number of benzene rings is 2. The van der Waals surface area contributed by atoms with E-state index in [0.717, 1.165) is 4.90 Å². The van der Waals surface area contributed by atoms with Gasteiger partial charge in [-0.2, -0.15) is 5.26 Å². The van der Waals surface area contributed by atoms with E-state index in [1.54, 1.807) is 24.3 Å². The molecule has 0 N–H and O–H groups in total. The second-order valence-corrected chi connectivity index (χ2v) is 6.02. The number of carbonyl (C=O) groups is 3. The fourth-order valence-corrected chi connectivity index (χ4v) is 2.72. The topological polar surface area (TPSA) is 87.5 Å². The highest BCUT2D eigenvalue weighted by Crippen LogP contribution is 2.30. The Kier molecular flexibility index (Phi) is 5.01. The van der Waals surface area contributed by atoms with Gasteiger partial charge in [-0.1, -0.05) is 11.6 Å². The molecule has 0 aromatic heterocycles. The number of fused-ring (bicyclic) bond motifs is 1. The van der Waals surface area contributed by atoms with Gasteiger partial charge in [0.2, 0.25) is 0 Å². The molecule has 1 aliphatic rings. The number of carbonyl (C=O) groups excluding carboxylic acids is 3. The molecule has 2 aromatic rings. The molecule has 1 aliphatic heterocycles. The van der Waals surface area contributed by atoms with Crippen LogP contribution in [-0.4, -0.2) is 24.4 Å². The van der Waals surface area contributed by atoms with E-state index >= 15 is 0 Å². The first kappa shape index (κ1) is 17.6. The van der Waals surface area contributed by atoms with Crippen molar-refractivity contribution in [1.29, 1.82) is 5.26 Å². The smallest absolute Gasteiger partial charge is 0.338 e. The van der Waals surface area contributed by atoms with Gasteiger partial charge in [-0.15, -0.1) is 0 Å². The van der Waals surface area contributed by atoms with Crippen LogP contribution < -0.4 is 4.90 Å². The van der Waals surface area contributed by atoms with Gasteiger partial charge in [0.1, 0.15) is 0 Å². The second-order valence-electron chi connectivity index (χ2n) is 5.58. The first-order valence-corrected chi connectivity index (χ1v) is 8.23. The average molecular weight is 369 g/mol. The number of halogens is 1. The highest BCUT2D eigenvalue weighted by atomic mass is 35.5. The summed E-state index contributed by atoms with van der Waals surface area (Å²) in [7, 11) is 0. The molecule has 0 fully saturated rings. The third kappa shape index (κ3) is 3.30. The highest BCUT2D eigenvalue weighted by molar-refractivity contribution is 6.35. The van der Waals surface area contributed by atoms with Gasteiger partial charge in [0.15, 0.2) is 0 Å². The summed E-state index contributed by atoms with van der Waals surface area (Å²) in [4.78, 5) is 38.3. The van der Waals surface area contributed by atoms with E-state index in [2.05, 4.69) is 0 Å². The van der Waals surface area contributed by atoms with E-state index < -0.39 is 17.8 Å². The van der Waals surface area contributed by atoms with Crippen LogP contribution in [0.4, 0.5) is 5.69 Å². The van der Waals surface area contributed by atoms with Gasteiger partial charge < -0.3 is 4.74 Å². The molecule has 7 heteroatoms. The average Bonchev–Trinajstić information content (AvgIpc) is 2.90. The molecule has 0 radical (unpaired) electrons. The van der Waals surface area contributed by atoms with Crippen LogP contribution in [0.5, 0.6) is 0 Å². The van der Waals surface area contributed by atoms with Gasteiger partial charge in [-0.25, -0.2) is 9.69 Å². The molecule has 0 saturated heterocycles. The molecule has 1 heterocycles. The van der Waals surface area contributed by atoms with Crippen molar-refractivity contribution in [2.75, 3.05) is 11.5 Å². The lowest BCUT2D eigenvalue weighted by molar-refractivity contribution is 0.0501. The largest absolute Gasteiger partial charge is 0.462 e. The molecule has 0 atom stereocenters. The van der Waals surface area contributed by atoms with Gasteiger partial charge in [0, 0.05) is 11.4 Å². The number of ether oxygens (including phenoxy) is 1. The summed E-state index contributed by atoms with van der Waals surface area (Å²) in [5.74, 6) is -1.57. The van der Waals surface area contributed by atoms with Crippen LogP contribution in [0.15, 0.2) is 42.5 Å². The maximum atomic E-state index is 12.7. The number of esters is 1. The van der Waals surface area contributed by atoms with Crippen LogP contribution in [0.25, 0.3) is 0 Å². The number of rotatable bonds is 5. The molecule has 26 heavy (non-hydrogen) atoms. The summed E-state index contributed by atoms with van der Waals surface area (Å²) in [5.41, 5.74) is 0.962. The quantitative estimate of drug-likeness (QED) is 0.457. The van der Waals surface area contributed by atoms with Crippen molar-refractivity contribution in [3.05, 3.63) is 64.2 Å². The zero-order valence-corrected chi connectivity index (χ0v) is 14.3. The number of anilines is 1. The SMILES string of the molecule is N#CCCCOC(=O)c1ccc2c(c1)C(=O)N(c1ccc(Cl)cc1)C2=O. The monoisotopic (exact) mass is 368 g/mol. The summed E-state index contributed by atoms with van der Waals surface area (Å²) in [6.45, 7) is 0.118. The van der Waals surface area contributed by atoms with E-state index in [1.165, 1.54) is 18.2 Å². The fourth-order valence-electron chi connectivity index (χ4n) is 2.59. The van der Waals surface area contributed by atoms with E-state index in [4.69, 9.17) is 21.6 Å². The van der Waals surface area contributed by atoms with Crippen molar-refractivity contribution in [2.45, 2.75) is 12.8 Å². The van der Waals surface area contributed by atoms with Crippen molar-refractivity contribution in [3.63, 3.8) is 0 Å². The number of hydrogen-bond acceptors (Lipinski definition) is 5. The molecule has 0 spiro atoms. The van der Waals surface area contributed by atoms with Crippen LogP contribution in [0.1, 0.15) is 43.9 Å². The molecule has 0 bridgehead atoms.